The Balaban J connectivity index is 1.42. The fraction of sp³-hybridized carbons (Fsp3) is 0.0833. The average Bonchev–Trinajstić information content (AvgIpc) is 3.07. The van der Waals surface area contributed by atoms with Crippen LogP contribution in [0.2, 0.25) is 5.02 Å². The lowest BCUT2D eigenvalue weighted by Gasteiger charge is -2.11. The van der Waals surface area contributed by atoms with Crippen LogP contribution in [0.25, 0.3) is 6.08 Å². The molecule has 0 aliphatic carbocycles. The van der Waals surface area contributed by atoms with Gasteiger partial charge in [0.2, 0.25) is 0 Å². The van der Waals surface area contributed by atoms with Gasteiger partial charge in [-0.3, -0.25) is 19.8 Å². The number of carbonyl (C=O) groups excluding carboxylic acids is 2. The molecule has 0 aromatic heterocycles. The number of hydrogen-bond donors (Lipinski definition) is 1. The molecule has 8 nitrogen and oxygen atoms in total. The number of non-ortho nitro benzene ring substituents is 1. The molecular formula is C24H17BrClN3O5. The maximum absolute atomic E-state index is 12.7. The molecule has 0 radical (unpaired) electrons. The number of nitro groups is 1. The molecule has 0 bridgehead atoms. The number of carbonyl (C=O) groups is 2. The summed E-state index contributed by atoms with van der Waals surface area (Å²) >= 11 is 9.34. The number of nitro benzene ring substituents is 1. The summed E-state index contributed by atoms with van der Waals surface area (Å²) in [6.45, 7) is 0.365. The molecule has 3 amide bonds. The van der Waals surface area contributed by atoms with E-state index >= 15 is 0 Å². The Morgan fingerprint density at radius 3 is 2.35 bits per heavy atom. The molecule has 1 N–H and O–H groups in total. The van der Waals surface area contributed by atoms with Crippen molar-refractivity contribution in [3.63, 3.8) is 0 Å². The van der Waals surface area contributed by atoms with Crippen LogP contribution in [0.3, 0.4) is 0 Å². The summed E-state index contributed by atoms with van der Waals surface area (Å²) in [4.78, 5) is 36.5. The van der Waals surface area contributed by atoms with Crippen molar-refractivity contribution in [1.29, 1.82) is 0 Å². The molecule has 1 fully saturated rings. The van der Waals surface area contributed by atoms with E-state index in [1.807, 2.05) is 0 Å². The third-order valence-electron chi connectivity index (χ3n) is 5.02. The zero-order valence-electron chi connectivity index (χ0n) is 17.5. The van der Waals surface area contributed by atoms with Gasteiger partial charge in [0, 0.05) is 17.2 Å². The minimum Gasteiger partial charge on any atom is -0.488 e. The highest BCUT2D eigenvalue weighted by atomic mass is 79.9. The quantitative estimate of drug-likeness (QED) is 0.179. The number of nitrogens with one attached hydrogen (secondary N) is 1. The molecule has 3 aromatic rings. The Labute approximate surface area is 208 Å². The molecule has 4 rings (SSSR count). The largest absolute Gasteiger partial charge is 0.488 e. The highest BCUT2D eigenvalue weighted by Crippen LogP contribution is 2.28. The standard InChI is InChI=1S/C24H17BrClN3O5/c25-20-11-17(5-10-22(20)34-14-16-3-8-19(9-4-16)29(32)33)12-21-23(30)28(24(31)27-21)13-15-1-6-18(26)7-2-15/h1-12H,13-14H2,(H,27,31)/b21-12-. The van der Waals surface area contributed by atoms with Crippen molar-refractivity contribution in [1.82, 2.24) is 10.2 Å². The Morgan fingerprint density at radius 1 is 1.03 bits per heavy atom. The number of imide groups is 1. The molecule has 1 heterocycles. The lowest BCUT2D eigenvalue weighted by atomic mass is 10.1. The maximum atomic E-state index is 12.7. The molecule has 1 aliphatic rings. The Hall–Kier alpha value is -3.69. The van der Waals surface area contributed by atoms with Crippen LogP contribution in [-0.2, 0) is 17.9 Å². The predicted octanol–water partition coefficient (Wildman–Crippen LogP) is 5.68. The second-order valence-electron chi connectivity index (χ2n) is 7.41. The fourth-order valence-corrected chi connectivity index (χ4v) is 3.89. The van der Waals surface area contributed by atoms with Gasteiger partial charge >= 0.3 is 6.03 Å². The van der Waals surface area contributed by atoms with Gasteiger partial charge in [0.05, 0.1) is 15.9 Å². The average molecular weight is 543 g/mol. The smallest absolute Gasteiger partial charge is 0.329 e. The highest BCUT2D eigenvalue weighted by molar-refractivity contribution is 9.10. The maximum Gasteiger partial charge on any atom is 0.329 e. The lowest BCUT2D eigenvalue weighted by Crippen LogP contribution is -2.30. The third-order valence-corrected chi connectivity index (χ3v) is 5.90. The first kappa shape index (κ1) is 23.5. The summed E-state index contributed by atoms with van der Waals surface area (Å²) in [7, 11) is 0. The molecule has 1 saturated heterocycles. The number of hydrogen-bond acceptors (Lipinski definition) is 5. The van der Waals surface area contributed by atoms with Gasteiger partial charge < -0.3 is 10.1 Å². The van der Waals surface area contributed by atoms with E-state index in [1.54, 1.807) is 60.7 Å². The summed E-state index contributed by atoms with van der Waals surface area (Å²) in [5.41, 5.74) is 2.44. The second kappa shape index (κ2) is 10.1. The van der Waals surface area contributed by atoms with Crippen molar-refractivity contribution in [2.75, 3.05) is 0 Å². The zero-order valence-corrected chi connectivity index (χ0v) is 19.9. The Bertz CT molecular complexity index is 1290. The summed E-state index contributed by atoms with van der Waals surface area (Å²) in [6, 6.07) is 17.8. The van der Waals surface area contributed by atoms with Crippen molar-refractivity contribution < 1.29 is 19.2 Å². The van der Waals surface area contributed by atoms with Gasteiger partial charge in [0.1, 0.15) is 18.1 Å². The molecule has 10 heteroatoms. The molecule has 34 heavy (non-hydrogen) atoms. The number of rotatable bonds is 7. The molecule has 0 unspecified atom stereocenters. The minimum absolute atomic E-state index is 0.0163. The zero-order chi connectivity index (χ0) is 24.2. The van der Waals surface area contributed by atoms with E-state index in [2.05, 4.69) is 21.2 Å². The minimum atomic E-state index is -0.492. The van der Waals surface area contributed by atoms with Crippen molar-refractivity contribution in [3.8, 4) is 5.75 Å². The molecular weight excluding hydrogens is 526 g/mol. The van der Waals surface area contributed by atoms with Crippen LogP contribution in [-0.4, -0.2) is 21.8 Å². The van der Waals surface area contributed by atoms with Crippen LogP contribution in [0.4, 0.5) is 10.5 Å². The van der Waals surface area contributed by atoms with Crippen LogP contribution in [0.5, 0.6) is 5.75 Å². The number of amides is 3. The summed E-state index contributed by atoms with van der Waals surface area (Å²) in [5.74, 6) is 0.140. The van der Waals surface area contributed by atoms with Gasteiger partial charge in [-0.2, -0.15) is 0 Å². The summed E-state index contributed by atoms with van der Waals surface area (Å²) in [6.07, 6.45) is 1.59. The van der Waals surface area contributed by atoms with Crippen molar-refractivity contribution in [2.45, 2.75) is 13.2 Å². The van der Waals surface area contributed by atoms with Gasteiger partial charge in [0.25, 0.3) is 11.6 Å². The van der Waals surface area contributed by atoms with Gasteiger partial charge in [-0.15, -0.1) is 0 Å². The van der Waals surface area contributed by atoms with Gasteiger partial charge in [-0.05, 0) is 75.1 Å². The van der Waals surface area contributed by atoms with E-state index in [9.17, 15) is 19.7 Å². The van der Waals surface area contributed by atoms with Crippen LogP contribution < -0.4 is 10.1 Å². The number of urea groups is 1. The van der Waals surface area contributed by atoms with E-state index in [0.717, 1.165) is 16.0 Å². The van der Waals surface area contributed by atoms with Crippen LogP contribution in [0.1, 0.15) is 16.7 Å². The predicted molar refractivity (Wildman–Crippen MR) is 130 cm³/mol. The lowest BCUT2D eigenvalue weighted by molar-refractivity contribution is -0.384. The molecule has 0 atom stereocenters. The third kappa shape index (κ3) is 5.44. The molecule has 0 saturated carbocycles. The van der Waals surface area contributed by atoms with Gasteiger partial charge in [-0.1, -0.05) is 29.8 Å². The molecule has 1 aliphatic heterocycles. The second-order valence-corrected chi connectivity index (χ2v) is 8.70. The van der Waals surface area contributed by atoms with Gasteiger partial charge in [-0.25, -0.2) is 4.79 Å². The van der Waals surface area contributed by atoms with E-state index in [-0.39, 0.29) is 24.5 Å². The van der Waals surface area contributed by atoms with E-state index in [0.29, 0.717) is 20.8 Å². The number of ether oxygens (including phenoxy) is 1. The molecule has 3 aromatic carbocycles. The van der Waals surface area contributed by atoms with Crippen LogP contribution >= 0.6 is 27.5 Å². The van der Waals surface area contributed by atoms with E-state index in [1.165, 1.54) is 12.1 Å². The Morgan fingerprint density at radius 2 is 1.71 bits per heavy atom. The number of nitrogens with zero attached hydrogens (tertiary/aromatic N) is 2. The SMILES string of the molecule is O=C1N/C(=C\c2ccc(OCc3ccc([N+](=O)[O-])cc3)c(Br)c2)C(=O)N1Cc1ccc(Cl)cc1. The van der Waals surface area contributed by atoms with E-state index in [4.69, 9.17) is 16.3 Å². The fourth-order valence-electron chi connectivity index (χ4n) is 3.25. The summed E-state index contributed by atoms with van der Waals surface area (Å²) in [5, 5.41) is 13.9. The monoisotopic (exact) mass is 541 g/mol. The topological polar surface area (TPSA) is 102 Å². The van der Waals surface area contributed by atoms with Crippen molar-refractivity contribution in [3.05, 3.63) is 109 Å². The normalized spacial score (nSPS) is 14.4. The number of halogens is 2. The molecule has 0 spiro atoms. The highest BCUT2D eigenvalue weighted by Gasteiger charge is 2.33. The van der Waals surface area contributed by atoms with Crippen molar-refractivity contribution in [2.24, 2.45) is 0 Å². The molecule has 172 valence electrons. The van der Waals surface area contributed by atoms with Crippen molar-refractivity contribution >= 4 is 51.2 Å². The first-order valence-electron chi connectivity index (χ1n) is 10.0. The van der Waals surface area contributed by atoms with Crippen LogP contribution in [0, 0.1) is 10.1 Å². The van der Waals surface area contributed by atoms with Crippen LogP contribution in [0.15, 0.2) is 76.9 Å². The summed E-state index contributed by atoms with van der Waals surface area (Å²) < 4.78 is 6.44. The number of benzene rings is 3. The first-order chi connectivity index (χ1) is 16.3. The Kier molecular flexibility index (Phi) is 6.95. The van der Waals surface area contributed by atoms with Gasteiger partial charge in [0.15, 0.2) is 0 Å². The van der Waals surface area contributed by atoms with E-state index < -0.39 is 16.9 Å². The first-order valence-corrected chi connectivity index (χ1v) is 11.2.